The zero-order chi connectivity index (χ0) is 11.5. The molecule has 0 aliphatic carbocycles. The van der Waals surface area contributed by atoms with Gasteiger partial charge < -0.3 is 5.73 Å². The van der Waals surface area contributed by atoms with Gasteiger partial charge in [-0.2, -0.15) is 0 Å². The van der Waals surface area contributed by atoms with Crippen LogP contribution in [0, 0.1) is 0 Å². The Bertz CT molecular complexity index is 348. The number of nitrogens with two attached hydrogens (primary N) is 1. The van der Waals surface area contributed by atoms with Crippen LogP contribution in [0.4, 0.5) is 0 Å². The number of halogens is 2. The lowest BCUT2D eigenvalue weighted by molar-refractivity contribution is 0.201. The Hall–Kier alpha value is -0.280. The lowest BCUT2D eigenvalue weighted by atomic mass is 10.1. The van der Waals surface area contributed by atoms with Crippen LogP contribution in [0.2, 0.25) is 10.0 Å². The van der Waals surface area contributed by atoms with Crippen molar-refractivity contribution in [1.82, 2.24) is 4.90 Å². The minimum absolute atomic E-state index is 0.309. The molecule has 0 spiro atoms. The second-order valence-corrected chi connectivity index (χ2v) is 5.29. The Morgan fingerprint density at radius 3 is 2.56 bits per heavy atom. The first-order chi connectivity index (χ1) is 7.63. The van der Waals surface area contributed by atoms with E-state index in [-0.39, 0.29) is 0 Å². The molecule has 1 aromatic rings. The number of piperidine rings is 1. The first-order valence-corrected chi connectivity index (χ1v) is 6.32. The smallest absolute Gasteiger partial charge is 0.0424 e. The number of rotatable bonds is 2. The number of nitrogens with zero attached hydrogens (tertiary/aromatic N) is 1. The summed E-state index contributed by atoms with van der Waals surface area (Å²) >= 11 is 11.9. The van der Waals surface area contributed by atoms with Crippen molar-refractivity contribution in [1.29, 1.82) is 0 Å². The summed E-state index contributed by atoms with van der Waals surface area (Å²) in [6, 6.07) is 6.00. The molecular formula is C12H16Cl2N2. The highest BCUT2D eigenvalue weighted by Crippen LogP contribution is 2.21. The highest BCUT2D eigenvalue weighted by molar-refractivity contribution is 6.34. The number of benzene rings is 1. The maximum atomic E-state index is 5.97. The normalized spacial score (nSPS) is 22.3. The molecule has 0 saturated carbocycles. The summed E-state index contributed by atoms with van der Waals surface area (Å²) in [6.45, 7) is 2.95. The summed E-state index contributed by atoms with van der Waals surface area (Å²) in [7, 11) is 0. The van der Waals surface area contributed by atoms with Crippen molar-refractivity contribution in [2.75, 3.05) is 13.1 Å². The monoisotopic (exact) mass is 258 g/mol. The fourth-order valence-electron chi connectivity index (χ4n) is 2.20. The SMILES string of the molecule is NC1CCCN(Cc2cc(Cl)cc(Cl)c2)C1. The summed E-state index contributed by atoms with van der Waals surface area (Å²) in [4.78, 5) is 2.36. The maximum Gasteiger partial charge on any atom is 0.0424 e. The summed E-state index contributed by atoms with van der Waals surface area (Å²) in [5.41, 5.74) is 7.10. The van der Waals surface area contributed by atoms with Gasteiger partial charge in [-0.15, -0.1) is 0 Å². The zero-order valence-corrected chi connectivity index (χ0v) is 10.6. The number of hydrogen-bond acceptors (Lipinski definition) is 2. The van der Waals surface area contributed by atoms with Gasteiger partial charge in [0, 0.05) is 29.2 Å². The molecule has 0 aromatic heterocycles. The molecule has 1 aromatic carbocycles. The minimum Gasteiger partial charge on any atom is -0.327 e. The Labute approximate surface area is 106 Å². The predicted octanol–water partition coefficient (Wildman–Crippen LogP) is 2.92. The second-order valence-electron chi connectivity index (χ2n) is 4.42. The average Bonchev–Trinajstić information content (AvgIpc) is 2.15. The van der Waals surface area contributed by atoms with Crippen molar-refractivity contribution in [2.24, 2.45) is 5.73 Å². The largest absolute Gasteiger partial charge is 0.327 e. The van der Waals surface area contributed by atoms with Crippen LogP contribution in [0.5, 0.6) is 0 Å². The third-order valence-electron chi connectivity index (χ3n) is 2.87. The first-order valence-electron chi connectivity index (χ1n) is 5.56. The van der Waals surface area contributed by atoms with Crippen LogP contribution in [0.1, 0.15) is 18.4 Å². The molecule has 1 fully saturated rings. The molecule has 0 bridgehead atoms. The van der Waals surface area contributed by atoms with Crippen LogP contribution in [-0.4, -0.2) is 24.0 Å². The van der Waals surface area contributed by atoms with Gasteiger partial charge >= 0.3 is 0 Å². The molecular weight excluding hydrogens is 243 g/mol. The molecule has 2 N–H and O–H groups in total. The molecule has 2 rings (SSSR count). The Balaban J connectivity index is 2.02. The van der Waals surface area contributed by atoms with Gasteiger partial charge in [0.1, 0.15) is 0 Å². The van der Waals surface area contributed by atoms with E-state index in [2.05, 4.69) is 4.90 Å². The molecule has 0 radical (unpaired) electrons. The Morgan fingerprint density at radius 1 is 1.25 bits per heavy atom. The van der Waals surface area contributed by atoms with Crippen molar-refractivity contribution in [3.8, 4) is 0 Å². The van der Waals surface area contributed by atoms with Crippen molar-refractivity contribution in [2.45, 2.75) is 25.4 Å². The van der Waals surface area contributed by atoms with Crippen LogP contribution >= 0.6 is 23.2 Å². The van der Waals surface area contributed by atoms with Crippen LogP contribution in [0.3, 0.4) is 0 Å². The molecule has 16 heavy (non-hydrogen) atoms. The van der Waals surface area contributed by atoms with Crippen LogP contribution in [-0.2, 0) is 6.54 Å². The topological polar surface area (TPSA) is 29.3 Å². The van der Waals surface area contributed by atoms with Gasteiger partial charge in [-0.3, -0.25) is 4.90 Å². The number of hydrogen-bond donors (Lipinski definition) is 1. The lowest BCUT2D eigenvalue weighted by Crippen LogP contribution is -2.42. The van der Waals surface area contributed by atoms with Gasteiger partial charge in [0.25, 0.3) is 0 Å². The van der Waals surface area contributed by atoms with Gasteiger partial charge in [0.15, 0.2) is 0 Å². The molecule has 1 aliphatic heterocycles. The van der Waals surface area contributed by atoms with Crippen molar-refractivity contribution < 1.29 is 0 Å². The van der Waals surface area contributed by atoms with Gasteiger partial charge in [-0.05, 0) is 43.1 Å². The molecule has 0 amide bonds. The molecule has 88 valence electrons. The fourth-order valence-corrected chi connectivity index (χ4v) is 2.77. The third-order valence-corrected chi connectivity index (χ3v) is 3.31. The highest BCUT2D eigenvalue weighted by Gasteiger charge is 2.16. The van der Waals surface area contributed by atoms with E-state index in [1.54, 1.807) is 6.07 Å². The van der Waals surface area contributed by atoms with Gasteiger partial charge in [-0.25, -0.2) is 0 Å². The molecule has 1 saturated heterocycles. The van der Waals surface area contributed by atoms with Crippen molar-refractivity contribution in [3.05, 3.63) is 33.8 Å². The van der Waals surface area contributed by atoms with E-state index in [9.17, 15) is 0 Å². The summed E-state index contributed by atoms with van der Waals surface area (Å²) < 4.78 is 0. The summed E-state index contributed by atoms with van der Waals surface area (Å²) in [6.07, 6.45) is 2.31. The van der Waals surface area contributed by atoms with E-state index in [1.807, 2.05) is 12.1 Å². The molecule has 1 atom stereocenters. The molecule has 1 unspecified atom stereocenters. The maximum absolute atomic E-state index is 5.97. The van der Waals surface area contributed by atoms with E-state index in [0.29, 0.717) is 16.1 Å². The minimum atomic E-state index is 0.309. The van der Waals surface area contributed by atoms with E-state index < -0.39 is 0 Å². The summed E-state index contributed by atoms with van der Waals surface area (Å²) in [5.74, 6) is 0. The quantitative estimate of drug-likeness (QED) is 0.884. The fraction of sp³-hybridized carbons (Fsp3) is 0.500. The van der Waals surface area contributed by atoms with E-state index in [0.717, 1.165) is 31.6 Å². The van der Waals surface area contributed by atoms with Crippen LogP contribution in [0.15, 0.2) is 18.2 Å². The summed E-state index contributed by atoms with van der Waals surface area (Å²) in [5, 5.41) is 1.40. The predicted molar refractivity (Wildman–Crippen MR) is 68.9 cm³/mol. The Morgan fingerprint density at radius 2 is 1.94 bits per heavy atom. The van der Waals surface area contributed by atoms with E-state index in [4.69, 9.17) is 28.9 Å². The van der Waals surface area contributed by atoms with E-state index in [1.165, 1.54) is 6.42 Å². The number of likely N-dealkylation sites (tertiary alicyclic amines) is 1. The molecule has 1 heterocycles. The van der Waals surface area contributed by atoms with Crippen LogP contribution < -0.4 is 5.73 Å². The lowest BCUT2D eigenvalue weighted by Gasteiger charge is -2.30. The first kappa shape index (κ1) is 12.2. The highest BCUT2D eigenvalue weighted by atomic mass is 35.5. The third kappa shape index (κ3) is 3.36. The van der Waals surface area contributed by atoms with Crippen LogP contribution in [0.25, 0.3) is 0 Å². The molecule has 2 nitrogen and oxygen atoms in total. The van der Waals surface area contributed by atoms with Crippen molar-refractivity contribution in [3.63, 3.8) is 0 Å². The zero-order valence-electron chi connectivity index (χ0n) is 9.13. The molecule has 1 aliphatic rings. The molecule has 4 heteroatoms. The second kappa shape index (κ2) is 5.37. The van der Waals surface area contributed by atoms with Gasteiger partial charge in [0.05, 0.1) is 0 Å². The van der Waals surface area contributed by atoms with E-state index >= 15 is 0 Å². The average molecular weight is 259 g/mol. The standard InChI is InChI=1S/C12H16Cl2N2/c13-10-4-9(5-11(14)6-10)7-16-3-1-2-12(15)8-16/h4-6,12H,1-3,7-8,15H2. The Kier molecular flexibility index (Phi) is 4.09. The van der Waals surface area contributed by atoms with Gasteiger partial charge in [0.2, 0.25) is 0 Å². The van der Waals surface area contributed by atoms with Crippen molar-refractivity contribution >= 4 is 23.2 Å². The van der Waals surface area contributed by atoms with Gasteiger partial charge in [-0.1, -0.05) is 23.2 Å².